The maximum absolute atomic E-state index is 13.0. The van der Waals surface area contributed by atoms with E-state index in [1.54, 1.807) is 25.3 Å². The molecule has 0 bridgehead atoms. The standard InChI is InChI=1S/C22H24N4O2.ClH/c1-13-7-9-18(14(2)11-13)26-19-6-4-5-16(19)21(25-26)22(27)24-15-8-10-20(28-3)17(23)12-15;/h7-12H,4-6,23H2,1-3H3,(H,24,27);1H. The number of halogens is 1. The normalized spacial score (nSPS) is 12.2. The number of ether oxygens (including phenoxy) is 1. The maximum Gasteiger partial charge on any atom is 0.276 e. The van der Waals surface area contributed by atoms with E-state index >= 15 is 0 Å². The molecule has 0 saturated heterocycles. The Bertz CT molecular complexity index is 1070. The summed E-state index contributed by atoms with van der Waals surface area (Å²) in [4.78, 5) is 13.0. The number of amides is 1. The predicted molar refractivity (Wildman–Crippen MR) is 118 cm³/mol. The highest BCUT2D eigenvalue weighted by atomic mass is 35.5. The molecule has 152 valence electrons. The number of nitrogens with two attached hydrogens (primary N) is 1. The molecule has 1 amide bonds. The van der Waals surface area contributed by atoms with Gasteiger partial charge >= 0.3 is 0 Å². The Kier molecular flexibility index (Phi) is 5.84. The molecule has 1 aliphatic carbocycles. The van der Waals surface area contributed by atoms with E-state index in [0.29, 0.717) is 22.8 Å². The summed E-state index contributed by atoms with van der Waals surface area (Å²) in [6.07, 6.45) is 2.83. The summed E-state index contributed by atoms with van der Waals surface area (Å²) >= 11 is 0. The van der Waals surface area contributed by atoms with Crippen molar-refractivity contribution in [2.24, 2.45) is 0 Å². The monoisotopic (exact) mass is 412 g/mol. The molecule has 1 aliphatic rings. The van der Waals surface area contributed by atoms with E-state index in [1.165, 1.54) is 5.56 Å². The van der Waals surface area contributed by atoms with Gasteiger partial charge in [-0.3, -0.25) is 4.79 Å². The highest BCUT2D eigenvalue weighted by Crippen LogP contribution is 2.30. The van der Waals surface area contributed by atoms with Gasteiger partial charge in [-0.2, -0.15) is 5.10 Å². The van der Waals surface area contributed by atoms with Gasteiger partial charge in [0.2, 0.25) is 0 Å². The number of anilines is 2. The Morgan fingerprint density at radius 1 is 1.17 bits per heavy atom. The maximum atomic E-state index is 13.0. The quantitative estimate of drug-likeness (QED) is 0.628. The van der Waals surface area contributed by atoms with E-state index in [-0.39, 0.29) is 18.3 Å². The highest BCUT2D eigenvalue weighted by Gasteiger charge is 2.27. The second-order valence-corrected chi connectivity index (χ2v) is 7.24. The molecule has 1 aromatic heterocycles. The van der Waals surface area contributed by atoms with Crippen molar-refractivity contribution < 1.29 is 9.53 Å². The molecule has 7 heteroatoms. The first-order valence-electron chi connectivity index (χ1n) is 9.41. The van der Waals surface area contributed by atoms with Crippen LogP contribution in [0.25, 0.3) is 5.69 Å². The van der Waals surface area contributed by atoms with E-state index in [2.05, 4.69) is 37.4 Å². The lowest BCUT2D eigenvalue weighted by atomic mass is 10.1. The molecule has 0 spiro atoms. The SMILES string of the molecule is COc1ccc(NC(=O)c2nn(-c3ccc(C)cc3C)c3c2CCC3)cc1N.Cl. The highest BCUT2D eigenvalue weighted by molar-refractivity contribution is 6.04. The van der Waals surface area contributed by atoms with Crippen molar-refractivity contribution in [3.8, 4) is 11.4 Å². The molecule has 0 radical (unpaired) electrons. The number of carbonyl (C=O) groups excluding carboxylic acids is 1. The molecular formula is C22H25ClN4O2. The summed E-state index contributed by atoms with van der Waals surface area (Å²) in [5.41, 5.74) is 13.1. The van der Waals surface area contributed by atoms with Crippen LogP contribution in [0.1, 0.15) is 39.3 Å². The number of fused-ring (bicyclic) bond motifs is 1. The van der Waals surface area contributed by atoms with Crippen molar-refractivity contribution in [1.29, 1.82) is 0 Å². The van der Waals surface area contributed by atoms with Gasteiger partial charge in [0.15, 0.2) is 5.69 Å². The lowest BCUT2D eigenvalue weighted by Crippen LogP contribution is -2.15. The predicted octanol–water partition coefficient (Wildman–Crippen LogP) is 4.24. The number of hydrogen-bond acceptors (Lipinski definition) is 4. The Labute approximate surface area is 176 Å². The van der Waals surface area contributed by atoms with Gasteiger partial charge in [-0.05, 0) is 62.9 Å². The van der Waals surface area contributed by atoms with E-state index in [1.807, 2.05) is 4.68 Å². The van der Waals surface area contributed by atoms with Crippen LogP contribution in [0.3, 0.4) is 0 Å². The molecule has 4 rings (SSSR count). The number of nitrogens with one attached hydrogen (secondary N) is 1. The summed E-state index contributed by atoms with van der Waals surface area (Å²) in [5, 5.41) is 7.61. The third kappa shape index (κ3) is 3.80. The average Bonchev–Trinajstić information content (AvgIpc) is 3.25. The topological polar surface area (TPSA) is 82.2 Å². The summed E-state index contributed by atoms with van der Waals surface area (Å²) in [7, 11) is 1.56. The number of methoxy groups -OCH3 is 1. The smallest absolute Gasteiger partial charge is 0.276 e. The zero-order chi connectivity index (χ0) is 19.8. The lowest BCUT2D eigenvalue weighted by Gasteiger charge is -2.10. The molecule has 0 fully saturated rings. The number of nitrogens with zero attached hydrogens (tertiary/aromatic N) is 2. The fourth-order valence-corrected chi connectivity index (χ4v) is 3.86. The van der Waals surface area contributed by atoms with Crippen LogP contribution in [0.4, 0.5) is 11.4 Å². The van der Waals surface area contributed by atoms with Gasteiger partial charge in [0.25, 0.3) is 5.91 Å². The molecule has 3 N–H and O–H groups in total. The number of rotatable bonds is 4. The molecule has 3 aromatic rings. The van der Waals surface area contributed by atoms with Crippen molar-refractivity contribution in [2.45, 2.75) is 33.1 Å². The van der Waals surface area contributed by atoms with Crippen LogP contribution in [0, 0.1) is 13.8 Å². The number of aryl methyl sites for hydroxylation is 2. The van der Waals surface area contributed by atoms with Gasteiger partial charge < -0.3 is 15.8 Å². The van der Waals surface area contributed by atoms with Crippen molar-refractivity contribution in [3.05, 3.63) is 64.5 Å². The van der Waals surface area contributed by atoms with E-state index < -0.39 is 0 Å². The molecule has 0 aliphatic heterocycles. The summed E-state index contributed by atoms with van der Waals surface area (Å²) in [5.74, 6) is 0.365. The minimum absolute atomic E-state index is 0. The van der Waals surface area contributed by atoms with Crippen molar-refractivity contribution in [3.63, 3.8) is 0 Å². The summed E-state index contributed by atoms with van der Waals surface area (Å²) in [6, 6.07) is 11.5. The molecule has 0 saturated carbocycles. The fraction of sp³-hybridized carbons (Fsp3) is 0.273. The van der Waals surface area contributed by atoms with Crippen molar-refractivity contribution in [2.75, 3.05) is 18.2 Å². The molecule has 0 atom stereocenters. The van der Waals surface area contributed by atoms with E-state index in [4.69, 9.17) is 15.6 Å². The molecule has 29 heavy (non-hydrogen) atoms. The van der Waals surface area contributed by atoms with E-state index in [9.17, 15) is 4.79 Å². The zero-order valence-electron chi connectivity index (χ0n) is 16.8. The van der Waals surface area contributed by atoms with Crippen molar-refractivity contribution >= 4 is 29.7 Å². The average molecular weight is 413 g/mol. The minimum Gasteiger partial charge on any atom is -0.495 e. The van der Waals surface area contributed by atoms with Gasteiger partial charge in [-0.1, -0.05) is 17.7 Å². The molecular weight excluding hydrogens is 388 g/mol. The Hall–Kier alpha value is -2.99. The van der Waals surface area contributed by atoms with Gasteiger partial charge in [-0.25, -0.2) is 4.68 Å². The van der Waals surface area contributed by atoms with Crippen LogP contribution in [0.2, 0.25) is 0 Å². The van der Waals surface area contributed by atoms with Gasteiger partial charge in [0, 0.05) is 16.9 Å². The van der Waals surface area contributed by atoms with Crippen LogP contribution in [0.15, 0.2) is 36.4 Å². The molecule has 2 aromatic carbocycles. The van der Waals surface area contributed by atoms with Crippen LogP contribution in [-0.2, 0) is 12.8 Å². The largest absolute Gasteiger partial charge is 0.495 e. The number of nitrogen functional groups attached to an aromatic ring is 1. The minimum atomic E-state index is -0.216. The lowest BCUT2D eigenvalue weighted by molar-refractivity contribution is 0.102. The first-order valence-corrected chi connectivity index (χ1v) is 9.41. The summed E-state index contributed by atoms with van der Waals surface area (Å²) < 4.78 is 7.11. The Morgan fingerprint density at radius 3 is 2.66 bits per heavy atom. The summed E-state index contributed by atoms with van der Waals surface area (Å²) in [6.45, 7) is 4.15. The number of aromatic nitrogens is 2. The number of hydrogen-bond donors (Lipinski definition) is 2. The third-order valence-electron chi connectivity index (χ3n) is 5.21. The Balaban J connectivity index is 0.00000240. The first kappa shape index (κ1) is 20.7. The van der Waals surface area contributed by atoms with Gasteiger partial charge in [0.05, 0.1) is 18.5 Å². The first-order chi connectivity index (χ1) is 13.5. The molecule has 6 nitrogen and oxygen atoms in total. The second-order valence-electron chi connectivity index (χ2n) is 7.24. The number of benzene rings is 2. The second kappa shape index (κ2) is 8.17. The van der Waals surface area contributed by atoms with Crippen LogP contribution < -0.4 is 15.8 Å². The zero-order valence-corrected chi connectivity index (χ0v) is 17.6. The van der Waals surface area contributed by atoms with Crippen LogP contribution in [0.5, 0.6) is 5.75 Å². The number of carbonyl (C=O) groups is 1. The van der Waals surface area contributed by atoms with Gasteiger partial charge in [0.1, 0.15) is 5.75 Å². The van der Waals surface area contributed by atoms with Crippen molar-refractivity contribution in [1.82, 2.24) is 9.78 Å². The molecule has 0 unspecified atom stereocenters. The van der Waals surface area contributed by atoms with Gasteiger partial charge in [-0.15, -0.1) is 12.4 Å². The fourth-order valence-electron chi connectivity index (χ4n) is 3.86. The van der Waals surface area contributed by atoms with Crippen LogP contribution >= 0.6 is 12.4 Å². The van der Waals surface area contributed by atoms with Crippen LogP contribution in [-0.4, -0.2) is 22.8 Å². The Morgan fingerprint density at radius 2 is 1.97 bits per heavy atom. The third-order valence-corrected chi connectivity index (χ3v) is 5.21. The van der Waals surface area contributed by atoms with E-state index in [0.717, 1.165) is 41.8 Å². The molecule has 1 heterocycles.